The molecule has 0 aliphatic heterocycles. The summed E-state index contributed by atoms with van der Waals surface area (Å²) in [6, 6.07) is 19.4. The van der Waals surface area contributed by atoms with E-state index >= 15 is 0 Å². The molecule has 11 heteroatoms. The number of aromatic amines is 1. The molecule has 4 rings (SSSR count). The molecule has 0 saturated carbocycles. The number of nitrogens with two attached hydrogens (primary N) is 1. The highest BCUT2D eigenvalue weighted by molar-refractivity contribution is 5.93. The van der Waals surface area contributed by atoms with Crippen LogP contribution < -0.4 is 21.7 Å². The minimum atomic E-state index is -1.25. The summed E-state index contributed by atoms with van der Waals surface area (Å²) in [5.74, 6) is -3.00. The molecule has 0 fully saturated rings. The van der Waals surface area contributed by atoms with Crippen molar-refractivity contribution in [3.05, 3.63) is 102 Å². The molecule has 218 valence electrons. The van der Waals surface area contributed by atoms with Crippen molar-refractivity contribution in [2.24, 2.45) is 5.73 Å². The van der Waals surface area contributed by atoms with Crippen LogP contribution in [0, 0.1) is 0 Å². The lowest BCUT2D eigenvalue weighted by Gasteiger charge is -2.22. The van der Waals surface area contributed by atoms with Gasteiger partial charge in [0.05, 0.1) is 12.6 Å². The molecular formula is C31H33N5O6. The zero-order valence-corrected chi connectivity index (χ0v) is 22.7. The average Bonchev–Trinajstić information content (AvgIpc) is 3.39. The lowest BCUT2D eigenvalue weighted by Crippen LogP contribution is -2.55. The second-order valence-corrected chi connectivity index (χ2v) is 9.97. The Bertz CT molecular complexity index is 1540. The predicted molar refractivity (Wildman–Crippen MR) is 156 cm³/mol. The van der Waals surface area contributed by atoms with E-state index in [9.17, 15) is 29.4 Å². The number of amides is 3. The Kier molecular flexibility index (Phi) is 9.90. The highest BCUT2D eigenvalue weighted by Gasteiger charge is 2.28. The lowest BCUT2D eigenvalue weighted by atomic mass is 10.0. The molecule has 0 saturated heterocycles. The maximum Gasteiger partial charge on any atom is 0.326 e. The van der Waals surface area contributed by atoms with Gasteiger partial charge in [0.25, 0.3) is 0 Å². The Balaban J connectivity index is 1.39. The number of aromatic nitrogens is 1. The van der Waals surface area contributed by atoms with Gasteiger partial charge in [-0.25, -0.2) is 4.79 Å². The van der Waals surface area contributed by atoms with Crippen molar-refractivity contribution in [2.75, 3.05) is 6.54 Å². The minimum Gasteiger partial charge on any atom is -0.508 e. The maximum atomic E-state index is 13.3. The number of aromatic hydroxyl groups is 1. The molecule has 0 radical (unpaired) electrons. The molecule has 1 heterocycles. The van der Waals surface area contributed by atoms with Crippen LogP contribution in [0.5, 0.6) is 5.75 Å². The van der Waals surface area contributed by atoms with Gasteiger partial charge in [-0.05, 0) is 41.3 Å². The van der Waals surface area contributed by atoms with Crippen LogP contribution >= 0.6 is 0 Å². The highest BCUT2D eigenvalue weighted by Crippen LogP contribution is 2.19. The number of carboxylic acid groups (broad SMARTS) is 1. The van der Waals surface area contributed by atoms with Gasteiger partial charge >= 0.3 is 5.97 Å². The van der Waals surface area contributed by atoms with Gasteiger partial charge in [0, 0.05) is 29.9 Å². The van der Waals surface area contributed by atoms with Crippen molar-refractivity contribution in [3.63, 3.8) is 0 Å². The largest absolute Gasteiger partial charge is 0.508 e. The maximum absolute atomic E-state index is 13.3. The minimum absolute atomic E-state index is 0.0338. The first kappa shape index (κ1) is 29.8. The summed E-state index contributed by atoms with van der Waals surface area (Å²) in [7, 11) is 0. The summed E-state index contributed by atoms with van der Waals surface area (Å²) >= 11 is 0. The molecule has 11 nitrogen and oxygen atoms in total. The average molecular weight is 572 g/mol. The highest BCUT2D eigenvalue weighted by atomic mass is 16.4. The first-order valence-corrected chi connectivity index (χ1v) is 13.4. The molecule has 0 aliphatic carbocycles. The fraction of sp³-hybridized carbons (Fsp3) is 0.226. The molecule has 42 heavy (non-hydrogen) atoms. The van der Waals surface area contributed by atoms with Crippen molar-refractivity contribution >= 4 is 34.6 Å². The van der Waals surface area contributed by atoms with Gasteiger partial charge in [-0.1, -0.05) is 60.7 Å². The fourth-order valence-corrected chi connectivity index (χ4v) is 4.57. The third-order valence-corrected chi connectivity index (χ3v) is 6.80. The Hall–Kier alpha value is -5.16. The molecule has 3 aromatic carbocycles. The van der Waals surface area contributed by atoms with Crippen LogP contribution in [0.4, 0.5) is 0 Å². The summed E-state index contributed by atoms with van der Waals surface area (Å²) in [6.07, 6.45) is 2.04. The van der Waals surface area contributed by atoms with E-state index in [1.807, 2.05) is 30.3 Å². The van der Waals surface area contributed by atoms with Crippen molar-refractivity contribution in [3.8, 4) is 5.75 Å². The fourth-order valence-electron chi connectivity index (χ4n) is 4.57. The Morgan fingerprint density at radius 3 is 2.14 bits per heavy atom. The Morgan fingerprint density at radius 2 is 1.43 bits per heavy atom. The molecule has 3 atom stereocenters. The van der Waals surface area contributed by atoms with Crippen LogP contribution in [0.1, 0.15) is 16.7 Å². The van der Waals surface area contributed by atoms with Crippen molar-refractivity contribution in [1.82, 2.24) is 20.9 Å². The van der Waals surface area contributed by atoms with Crippen LogP contribution in [-0.4, -0.2) is 63.6 Å². The van der Waals surface area contributed by atoms with Crippen LogP contribution in [-0.2, 0) is 38.4 Å². The number of phenolic OH excluding ortho intramolecular Hbond substituents is 1. The van der Waals surface area contributed by atoms with Gasteiger partial charge in [-0.3, -0.25) is 14.4 Å². The summed E-state index contributed by atoms with van der Waals surface area (Å²) < 4.78 is 0. The summed E-state index contributed by atoms with van der Waals surface area (Å²) in [6.45, 7) is -0.432. The van der Waals surface area contributed by atoms with Crippen LogP contribution in [0.25, 0.3) is 10.9 Å². The summed E-state index contributed by atoms with van der Waals surface area (Å²) in [5.41, 5.74) is 9.04. The monoisotopic (exact) mass is 571 g/mol. The van der Waals surface area contributed by atoms with E-state index in [0.29, 0.717) is 0 Å². The van der Waals surface area contributed by atoms with E-state index in [-0.39, 0.29) is 25.0 Å². The topological polar surface area (TPSA) is 187 Å². The molecular weight excluding hydrogens is 538 g/mol. The quantitative estimate of drug-likeness (QED) is 0.126. The van der Waals surface area contributed by atoms with Crippen molar-refractivity contribution in [2.45, 2.75) is 37.4 Å². The van der Waals surface area contributed by atoms with E-state index in [1.54, 1.807) is 42.6 Å². The number of carboxylic acids is 1. The summed E-state index contributed by atoms with van der Waals surface area (Å²) in [5, 5.41) is 27.8. The Labute approximate surface area is 242 Å². The number of para-hydroxylation sites is 1. The molecule has 1 aromatic heterocycles. The van der Waals surface area contributed by atoms with Crippen LogP contribution in [0.2, 0.25) is 0 Å². The molecule has 8 N–H and O–H groups in total. The predicted octanol–water partition coefficient (Wildman–Crippen LogP) is 1.40. The normalized spacial score (nSPS) is 13.1. The number of H-pyrrole nitrogens is 1. The third-order valence-electron chi connectivity index (χ3n) is 6.80. The number of aliphatic carboxylic acids is 1. The molecule has 3 amide bonds. The first-order chi connectivity index (χ1) is 20.2. The number of rotatable bonds is 13. The molecule has 0 aliphatic rings. The van der Waals surface area contributed by atoms with Crippen LogP contribution in [0.3, 0.4) is 0 Å². The number of nitrogens with one attached hydrogen (secondary N) is 4. The number of carbonyl (C=O) groups is 4. The van der Waals surface area contributed by atoms with E-state index in [4.69, 9.17) is 5.73 Å². The molecule has 3 unspecified atom stereocenters. The number of benzene rings is 3. The van der Waals surface area contributed by atoms with E-state index < -0.39 is 48.4 Å². The van der Waals surface area contributed by atoms with Gasteiger partial charge in [-0.15, -0.1) is 0 Å². The number of hydrogen-bond acceptors (Lipinski definition) is 6. The zero-order chi connectivity index (χ0) is 30.1. The second-order valence-electron chi connectivity index (χ2n) is 9.97. The van der Waals surface area contributed by atoms with Crippen molar-refractivity contribution in [1.29, 1.82) is 0 Å². The van der Waals surface area contributed by atoms with Gasteiger partial charge in [0.1, 0.15) is 17.8 Å². The summed E-state index contributed by atoms with van der Waals surface area (Å²) in [4.78, 5) is 53.8. The SMILES string of the molecule is NC(Cc1ccc(O)cc1)C(=O)NCC(=O)NC(Cc1ccccc1)C(=O)NC(Cc1c[nH]c2ccccc12)C(=O)O. The first-order valence-electron chi connectivity index (χ1n) is 13.4. The molecule has 0 bridgehead atoms. The van der Waals surface area contributed by atoms with E-state index in [2.05, 4.69) is 20.9 Å². The molecule has 4 aromatic rings. The number of fused-ring (bicyclic) bond motifs is 1. The zero-order valence-electron chi connectivity index (χ0n) is 22.7. The number of carbonyl (C=O) groups excluding carboxylic acids is 3. The Morgan fingerprint density at radius 1 is 0.762 bits per heavy atom. The second kappa shape index (κ2) is 14.0. The van der Waals surface area contributed by atoms with E-state index in [1.165, 1.54) is 12.1 Å². The molecule has 0 spiro atoms. The number of hydrogen-bond donors (Lipinski definition) is 7. The van der Waals surface area contributed by atoms with Crippen LogP contribution in [0.15, 0.2) is 85.1 Å². The van der Waals surface area contributed by atoms with Gasteiger partial charge in [-0.2, -0.15) is 0 Å². The lowest BCUT2D eigenvalue weighted by molar-refractivity contribution is -0.142. The van der Waals surface area contributed by atoms with Gasteiger partial charge in [0.15, 0.2) is 0 Å². The number of phenols is 1. The third kappa shape index (κ3) is 8.18. The van der Waals surface area contributed by atoms with Crippen molar-refractivity contribution < 1.29 is 29.4 Å². The van der Waals surface area contributed by atoms with Gasteiger partial charge in [0.2, 0.25) is 17.7 Å². The standard InChI is InChI=1S/C31H33N5O6/c32-24(14-20-10-12-22(37)13-11-20)29(39)34-18-28(38)35-26(15-19-6-2-1-3-7-19)30(40)36-27(31(41)42)16-21-17-33-25-9-5-4-8-23(21)25/h1-13,17,24,26-27,33,37H,14-16,18,32H2,(H,34,39)(H,35,38)(H,36,40)(H,41,42). The smallest absolute Gasteiger partial charge is 0.326 e. The van der Waals surface area contributed by atoms with Gasteiger partial charge < -0.3 is 36.9 Å². The van der Waals surface area contributed by atoms with E-state index in [0.717, 1.165) is 27.6 Å².